The second-order valence-electron chi connectivity index (χ2n) is 9.01. The molecule has 0 aromatic heterocycles. The van der Waals surface area contributed by atoms with E-state index in [2.05, 4.69) is 92.0 Å². The van der Waals surface area contributed by atoms with Gasteiger partial charge in [0.05, 0.1) is 11.8 Å². The number of hydrogen-bond donors (Lipinski definition) is 1. The predicted molar refractivity (Wildman–Crippen MR) is 134 cm³/mol. The molecule has 33 heavy (non-hydrogen) atoms. The average molecular weight is 432 g/mol. The van der Waals surface area contributed by atoms with E-state index in [4.69, 9.17) is 0 Å². The number of rotatable bonds is 4. The fraction of sp³-hybridized carbons (Fsp3) is 0.194. The van der Waals surface area contributed by atoms with Crippen LogP contribution in [0, 0.1) is 13.8 Å². The van der Waals surface area contributed by atoms with E-state index in [1.54, 1.807) is 0 Å². The molecule has 1 aliphatic rings. The van der Waals surface area contributed by atoms with E-state index in [0.29, 0.717) is 0 Å². The lowest BCUT2D eigenvalue weighted by molar-refractivity contribution is -0.125. The summed E-state index contributed by atoms with van der Waals surface area (Å²) >= 11 is 0. The van der Waals surface area contributed by atoms with Crippen molar-refractivity contribution in [1.29, 1.82) is 0 Å². The van der Waals surface area contributed by atoms with E-state index in [1.165, 1.54) is 22.3 Å². The fourth-order valence-electron chi connectivity index (χ4n) is 5.35. The van der Waals surface area contributed by atoms with E-state index in [0.717, 1.165) is 11.1 Å². The predicted octanol–water partition coefficient (Wildman–Crippen LogP) is 6.83. The number of Topliss-reactive ketones (excluding diaryl/α,β-unsaturated/α-hetero) is 1. The minimum Gasteiger partial charge on any atom is -0.301 e. The average Bonchev–Trinajstić information content (AvgIpc) is 2.85. The Hall–Kier alpha value is -3.49. The molecule has 0 bridgehead atoms. The van der Waals surface area contributed by atoms with E-state index >= 15 is 0 Å². The molecule has 5 rings (SSSR count). The number of piperidine rings is 1. The summed E-state index contributed by atoms with van der Waals surface area (Å²) < 4.78 is 0. The molecule has 2 nitrogen and oxygen atoms in total. The molecular formula is C31H29NO. The molecule has 1 aliphatic heterocycles. The largest absolute Gasteiger partial charge is 0.301 e. The van der Waals surface area contributed by atoms with Gasteiger partial charge in [0.1, 0.15) is 0 Å². The highest BCUT2D eigenvalue weighted by atomic mass is 16.1. The van der Waals surface area contributed by atoms with Crippen molar-refractivity contribution in [3.63, 3.8) is 0 Å². The molecule has 1 saturated heterocycles. The lowest BCUT2D eigenvalue weighted by atomic mass is 9.69. The van der Waals surface area contributed by atoms with E-state index in [1.807, 2.05) is 36.4 Å². The maximum Gasteiger partial charge on any atom is 0.151 e. The molecule has 0 unspecified atom stereocenters. The van der Waals surface area contributed by atoms with Crippen LogP contribution in [0.1, 0.15) is 57.3 Å². The second kappa shape index (κ2) is 9.17. The van der Waals surface area contributed by atoms with Crippen LogP contribution in [0.25, 0.3) is 0 Å². The molecule has 1 N–H and O–H groups in total. The summed E-state index contributed by atoms with van der Waals surface area (Å²) in [5.41, 5.74) is 6.89. The Morgan fingerprint density at radius 2 is 0.879 bits per heavy atom. The summed E-state index contributed by atoms with van der Waals surface area (Å²) in [5, 5.41) is 3.97. The van der Waals surface area contributed by atoms with Gasteiger partial charge in [0.2, 0.25) is 0 Å². The van der Waals surface area contributed by atoms with Crippen molar-refractivity contribution in [3.8, 4) is 0 Å². The van der Waals surface area contributed by atoms with Crippen molar-refractivity contribution in [2.45, 2.75) is 37.8 Å². The normalized spacial score (nSPS) is 22.8. The zero-order valence-electron chi connectivity index (χ0n) is 19.1. The third-order valence-electron chi connectivity index (χ3n) is 7.00. The Kier molecular flexibility index (Phi) is 5.93. The van der Waals surface area contributed by atoms with Gasteiger partial charge in [-0.2, -0.15) is 0 Å². The van der Waals surface area contributed by atoms with Gasteiger partial charge in [0, 0.05) is 12.1 Å². The van der Waals surface area contributed by atoms with Crippen molar-refractivity contribution in [2.75, 3.05) is 0 Å². The molecule has 164 valence electrons. The van der Waals surface area contributed by atoms with Gasteiger partial charge < -0.3 is 5.32 Å². The standard InChI is InChI=1S/C31H29NO/c1-21-13-9-11-19-25(21)29-27(23-15-5-3-6-16-23)31(33)28(24-17-7-4-8-18-24)30(32-29)26-20-12-10-14-22(26)2/h3-20,27-30,32H,1-2H3/t27-,28-,29-,30+/m1/s1. The Bertz CT molecular complexity index is 1150. The molecule has 1 heterocycles. The lowest BCUT2D eigenvalue weighted by Gasteiger charge is -2.43. The molecular weight excluding hydrogens is 402 g/mol. The fourth-order valence-corrected chi connectivity index (χ4v) is 5.35. The van der Waals surface area contributed by atoms with Crippen LogP contribution in [0.3, 0.4) is 0 Å². The smallest absolute Gasteiger partial charge is 0.151 e. The summed E-state index contributed by atoms with van der Waals surface area (Å²) in [6.07, 6.45) is 0. The molecule has 0 spiro atoms. The monoisotopic (exact) mass is 431 g/mol. The first-order valence-corrected chi connectivity index (χ1v) is 11.7. The number of ketones is 1. The first kappa shape index (κ1) is 21.4. The van der Waals surface area contributed by atoms with Gasteiger partial charge in [-0.15, -0.1) is 0 Å². The molecule has 0 amide bonds. The maximum absolute atomic E-state index is 14.5. The number of carbonyl (C=O) groups is 1. The highest BCUT2D eigenvalue weighted by Gasteiger charge is 2.46. The van der Waals surface area contributed by atoms with Crippen LogP contribution in [-0.4, -0.2) is 5.78 Å². The number of benzene rings is 4. The number of carbonyl (C=O) groups excluding carboxylic acids is 1. The lowest BCUT2D eigenvalue weighted by Crippen LogP contribution is -2.46. The summed E-state index contributed by atoms with van der Waals surface area (Å²) in [6.45, 7) is 4.27. The van der Waals surface area contributed by atoms with Gasteiger partial charge in [-0.25, -0.2) is 0 Å². The van der Waals surface area contributed by atoms with E-state index in [-0.39, 0.29) is 29.7 Å². The first-order chi connectivity index (χ1) is 16.1. The van der Waals surface area contributed by atoms with Crippen LogP contribution in [0.15, 0.2) is 109 Å². The van der Waals surface area contributed by atoms with Crippen LogP contribution in [0.4, 0.5) is 0 Å². The highest BCUT2D eigenvalue weighted by Crippen LogP contribution is 2.48. The Balaban J connectivity index is 1.71. The molecule has 1 fully saturated rings. The molecule has 0 radical (unpaired) electrons. The minimum absolute atomic E-state index is 0.106. The summed E-state index contributed by atoms with van der Waals surface area (Å²) in [5.74, 6) is -0.261. The second-order valence-corrected chi connectivity index (χ2v) is 9.01. The summed E-state index contributed by atoms with van der Waals surface area (Å²) in [6, 6.07) is 37.1. The Labute approximate surface area is 196 Å². The molecule has 0 aliphatic carbocycles. The van der Waals surface area contributed by atoms with Crippen LogP contribution in [0.2, 0.25) is 0 Å². The zero-order valence-corrected chi connectivity index (χ0v) is 19.1. The first-order valence-electron chi connectivity index (χ1n) is 11.7. The quantitative estimate of drug-likeness (QED) is 0.384. The van der Waals surface area contributed by atoms with Crippen molar-refractivity contribution < 1.29 is 4.79 Å². The third-order valence-corrected chi connectivity index (χ3v) is 7.00. The van der Waals surface area contributed by atoms with Crippen LogP contribution >= 0.6 is 0 Å². The maximum atomic E-state index is 14.5. The number of aryl methyl sites for hydroxylation is 2. The molecule has 4 aromatic carbocycles. The Morgan fingerprint density at radius 3 is 1.27 bits per heavy atom. The summed E-state index contributed by atoms with van der Waals surface area (Å²) in [4.78, 5) is 14.5. The minimum atomic E-state index is -0.266. The number of hydrogen-bond acceptors (Lipinski definition) is 2. The van der Waals surface area contributed by atoms with Crippen molar-refractivity contribution in [2.24, 2.45) is 0 Å². The number of nitrogens with one attached hydrogen (secondary N) is 1. The zero-order chi connectivity index (χ0) is 22.8. The van der Waals surface area contributed by atoms with Gasteiger partial charge in [0.15, 0.2) is 5.78 Å². The third kappa shape index (κ3) is 4.03. The van der Waals surface area contributed by atoms with Gasteiger partial charge in [-0.05, 0) is 47.2 Å². The van der Waals surface area contributed by atoms with Crippen LogP contribution in [-0.2, 0) is 4.79 Å². The molecule has 4 atom stereocenters. The Morgan fingerprint density at radius 1 is 0.515 bits per heavy atom. The van der Waals surface area contributed by atoms with E-state index < -0.39 is 0 Å². The van der Waals surface area contributed by atoms with Crippen LogP contribution in [0.5, 0.6) is 0 Å². The summed E-state index contributed by atoms with van der Waals surface area (Å²) in [7, 11) is 0. The molecule has 4 aromatic rings. The van der Waals surface area contributed by atoms with Crippen LogP contribution < -0.4 is 5.32 Å². The SMILES string of the molecule is Cc1ccccc1[C@H]1N[C@@H](c2ccccc2C)[C@@H](c2ccccc2)C(=O)[C@@H]1c1ccccc1. The van der Waals surface area contributed by atoms with Gasteiger partial charge in [-0.3, -0.25) is 4.79 Å². The van der Waals surface area contributed by atoms with Gasteiger partial charge >= 0.3 is 0 Å². The van der Waals surface area contributed by atoms with E-state index in [9.17, 15) is 4.79 Å². The molecule has 2 heteroatoms. The van der Waals surface area contributed by atoms with Crippen molar-refractivity contribution in [3.05, 3.63) is 143 Å². The van der Waals surface area contributed by atoms with Crippen molar-refractivity contribution in [1.82, 2.24) is 5.32 Å². The van der Waals surface area contributed by atoms with Crippen molar-refractivity contribution >= 4 is 5.78 Å². The van der Waals surface area contributed by atoms with Gasteiger partial charge in [0.25, 0.3) is 0 Å². The topological polar surface area (TPSA) is 29.1 Å². The highest BCUT2D eigenvalue weighted by molar-refractivity contribution is 5.94. The van der Waals surface area contributed by atoms with Gasteiger partial charge in [-0.1, -0.05) is 109 Å². The molecule has 0 saturated carbocycles.